The normalized spacial score (nSPS) is 11.9. The smallest absolute Gasteiger partial charge is 0.417 e. The number of alkyl halides is 3. The number of aromatic nitrogens is 2. The molecule has 0 aliphatic rings. The number of carbonyl (C=O) groups excluding carboxylic acids is 2. The quantitative estimate of drug-likeness (QED) is 0.493. The van der Waals surface area contributed by atoms with Crippen molar-refractivity contribution < 1.29 is 27.5 Å². The van der Waals surface area contributed by atoms with Crippen LogP contribution in [0.3, 0.4) is 0 Å². The molecule has 1 atom stereocenters. The zero-order valence-electron chi connectivity index (χ0n) is 18.0. The predicted molar refractivity (Wildman–Crippen MR) is 116 cm³/mol. The van der Waals surface area contributed by atoms with E-state index in [4.69, 9.17) is 15.7 Å². The Labute approximate surface area is 192 Å². The van der Waals surface area contributed by atoms with Gasteiger partial charge in [0, 0.05) is 18.6 Å². The van der Waals surface area contributed by atoms with Crippen molar-refractivity contribution in [3.05, 3.63) is 65.4 Å². The molecule has 0 aliphatic carbocycles. The van der Waals surface area contributed by atoms with E-state index in [9.17, 15) is 22.8 Å². The number of ketones is 1. The maximum Gasteiger partial charge on any atom is 0.417 e. The zero-order chi connectivity index (χ0) is 25.0. The average molecular weight is 469 g/mol. The number of rotatable bonds is 7. The number of amides is 1. The first-order valence-corrected chi connectivity index (χ1v) is 9.83. The number of Topliss-reactive ketones (excluding diaryl/α,β-unsaturated/α-hetero) is 1. The van der Waals surface area contributed by atoms with Gasteiger partial charge < -0.3 is 15.8 Å². The van der Waals surface area contributed by atoms with Gasteiger partial charge in [0.15, 0.2) is 11.6 Å². The number of anilines is 1. The van der Waals surface area contributed by atoms with E-state index in [1.807, 2.05) is 0 Å². The number of nitrogens with two attached hydrogens (primary N) is 1. The summed E-state index contributed by atoms with van der Waals surface area (Å²) in [7, 11) is 0. The number of hydrogen-bond donors (Lipinski definition) is 2. The molecule has 0 saturated carbocycles. The molecule has 34 heavy (non-hydrogen) atoms. The molecule has 1 amide bonds. The predicted octanol–water partition coefficient (Wildman–Crippen LogP) is 4.31. The molecule has 1 aromatic heterocycles. The van der Waals surface area contributed by atoms with E-state index in [1.54, 1.807) is 19.1 Å². The van der Waals surface area contributed by atoms with Gasteiger partial charge in [-0.3, -0.25) is 9.59 Å². The van der Waals surface area contributed by atoms with E-state index in [-0.39, 0.29) is 34.6 Å². The number of nitrogens with one attached hydrogen (secondary N) is 1. The van der Waals surface area contributed by atoms with Crippen molar-refractivity contribution in [2.75, 3.05) is 5.32 Å². The lowest BCUT2D eigenvalue weighted by Crippen LogP contribution is -2.32. The summed E-state index contributed by atoms with van der Waals surface area (Å²) < 4.78 is 44.5. The third-order valence-electron chi connectivity index (χ3n) is 4.64. The van der Waals surface area contributed by atoms with E-state index >= 15 is 0 Å². The zero-order valence-corrected chi connectivity index (χ0v) is 18.0. The van der Waals surface area contributed by atoms with Gasteiger partial charge in [0.2, 0.25) is 5.91 Å². The molecule has 0 bridgehead atoms. The van der Waals surface area contributed by atoms with E-state index in [2.05, 4.69) is 15.3 Å². The number of halogens is 3. The van der Waals surface area contributed by atoms with Crippen LogP contribution in [0.2, 0.25) is 0 Å². The molecule has 2 aromatic carbocycles. The van der Waals surface area contributed by atoms with Crippen LogP contribution in [0.4, 0.5) is 19.0 Å². The largest absolute Gasteiger partial charge is 0.457 e. The molecule has 3 aromatic rings. The monoisotopic (exact) mass is 469 g/mol. The van der Waals surface area contributed by atoms with Crippen molar-refractivity contribution in [1.29, 1.82) is 5.26 Å². The summed E-state index contributed by atoms with van der Waals surface area (Å²) in [5, 5.41) is 11.8. The Morgan fingerprint density at radius 1 is 1.09 bits per heavy atom. The second kappa shape index (κ2) is 9.58. The maximum atomic E-state index is 13.0. The van der Waals surface area contributed by atoms with Gasteiger partial charge in [-0.05, 0) is 49.4 Å². The number of carbonyl (C=O) groups is 2. The highest BCUT2D eigenvalue weighted by molar-refractivity contribution is 5.93. The topological polar surface area (TPSA) is 131 Å². The van der Waals surface area contributed by atoms with Gasteiger partial charge in [-0.15, -0.1) is 0 Å². The summed E-state index contributed by atoms with van der Waals surface area (Å²) in [5.74, 6) is -0.145. The fraction of sp³-hybridized carbons (Fsp3) is 0.174. The minimum Gasteiger partial charge on any atom is -0.457 e. The molecule has 0 radical (unpaired) electrons. The van der Waals surface area contributed by atoms with Crippen LogP contribution in [-0.2, 0) is 11.0 Å². The molecular weight excluding hydrogens is 451 g/mol. The van der Waals surface area contributed by atoms with Crippen molar-refractivity contribution in [2.45, 2.75) is 26.1 Å². The number of benzene rings is 2. The molecule has 1 heterocycles. The van der Waals surface area contributed by atoms with Crippen LogP contribution in [0.1, 0.15) is 35.5 Å². The molecule has 0 spiro atoms. The fourth-order valence-corrected chi connectivity index (χ4v) is 2.86. The van der Waals surface area contributed by atoms with Gasteiger partial charge >= 0.3 is 6.18 Å². The highest BCUT2D eigenvalue weighted by Gasteiger charge is 2.33. The highest BCUT2D eigenvalue weighted by atomic mass is 19.4. The lowest BCUT2D eigenvalue weighted by molar-refractivity contribution is -0.137. The molecular formula is C23H18F3N5O3. The third-order valence-corrected chi connectivity index (χ3v) is 4.64. The van der Waals surface area contributed by atoms with Gasteiger partial charge in [-0.25, -0.2) is 9.97 Å². The molecule has 0 unspecified atom stereocenters. The molecule has 0 fully saturated rings. The number of hydrogen-bond acceptors (Lipinski definition) is 7. The first-order chi connectivity index (χ1) is 16.0. The van der Waals surface area contributed by atoms with Crippen molar-refractivity contribution in [3.8, 4) is 29.0 Å². The van der Waals surface area contributed by atoms with E-state index < -0.39 is 29.3 Å². The van der Waals surface area contributed by atoms with Crippen molar-refractivity contribution in [2.24, 2.45) is 5.73 Å². The molecule has 0 aliphatic heterocycles. The Morgan fingerprint density at radius 2 is 1.74 bits per heavy atom. The first-order valence-electron chi connectivity index (χ1n) is 9.83. The summed E-state index contributed by atoms with van der Waals surface area (Å²) in [6.45, 7) is 2.88. The minimum atomic E-state index is -4.65. The third kappa shape index (κ3) is 5.66. The Morgan fingerprint density at radius 3 is 2.29 bits per heavy atom. The van der Waals surface area contributed by atoms with Crippen LogP contribution in [0.5, 0.6) is 11.5 Å². The lowest BCUT2D eigenvalue weighted by Gasteiger charge is -2.13. The van der Waals surface area contributed by atoms with Gasteiger partial charge in [-0.1, -0.05) is 0 Å². The van der Waals surface area contributed by atoms with Crippen LogP contribution in [0, 0.1) is 11.3 Å². The Kier molecular flexibility index (Phi) is 6.81. The molecule has 0 saturated heterocycles. The Bertz CT molecular complexity index is 1280. The minimum absolute atomic E-state index is 0.0547. The van der Waals surface area contributed by atoms with Gasteiger partial charge in [0.25, 0.3) is 0 Å². The summed E-state index contributed by atoms with van der Waals surface area (Å²) in [4.78, 5) is 31.7. The highest BCUT2D eigenvalue weighted by Crippen LogP contribution is 2.34. The van der Waals surface area contributed by atoms with Crippen LogP contribution >= 0.6 is 0 Å². The number of nitriles is 1. The van der Waals surface area contributed by atoms with Crippen molar-refractivity contribution >= 4 is 17.5 Å². The number of nitrogens with zero attached hydrogens (tertiary/aromatic N) is 3. The van der Waals surface area contributed by atoms with Gasteiger partial charge in [0.1, 0.15) is 29.1 Å². The average Bonchev–Trinajstić information content (AvgIpc) is 2.78. The number of ether oxygens (including phenoxy) is 1. The Balaban J connectivity index is 1.87. The summed E-state index contributed by atoms with van der Waals surface area (Å²) in [6, 6.07) is 11.3. The maximum absolute atomic E-state index is 13.0. The Hall–Kier alpha value is -4.46. The van der Waals surface area contributed by atoms with E-state index in [1.165, 1.54) is 31.2 Å². The standard InChI is InChI=1S/C23H18F3N5O3/c1-12(21(28)33)29-20-10-19(13(2)32)30-22(31-20)14-3-5-16(6-4-14)34-17-7-8-18(23(24,25)26)15(9-17)11-27/h3-10,12H,1-2H3,(H2,28,33)(H,29,30,31)/t12-/m0/s1. The van der Waals surface area contributed by atoms with Gasteiger partial charge in [-0.2, -0.15) is 18.4 Å². The van der Waals surface area contributed by atoms with Crippen LogP contribution < -0.4 is 15.8 Å². The fourth-order valence-electron chi connectivity index (χ4n) is 2.86. The van der Waals surface area contributed by atoms with Gasteiger partial charge in [0.05, 0.1) is 17.2 Å². The molecule has 11 heteroatoms. The van der Waals surface area contributed by atoms with Crippen molar-refractivity contribution in [1.82, 2.24) is 9.97 Å². The summed E-state index contributed by atoms with van der Waals surface area (Å²) >= 11 is 0. The lowest BCUT2D eigenvalue weighted by atomic mass is 10.1. The van der Waals surface area contributed by atoms with Crippen molar-refractivity contribution in [3.63, 3.8) is 0 Å². The molecule has 3 rings (SSSR count). The number of primary amides is 1. The second-order valence-corrected chi connectivity index (χ2v) is 7.23. The SMILES string of the molecule is CC(=O)c1cc(N[C@@H](C)C(N)=O)nc(-c2ccc(Oc3ccc(C(F)(F)F)c(C#N)c3)cc2)n1. The van der Waals surface area contributed by atoms with Crippen LogP contribution in [-0.4, -0.2) is 27.7 Å². The van der Waals surface area contributed by atoms with Crippen LogP contribution in [0.25, 0.3) is 11.4 Å². The first kappa shape index (κ1) is 24.2. The molecule has 174 valence electrons. The van der Waals surface area contributed by atoms with E-state index in [0.29, 0.717) is 5.56 Å². The summed E-state index contributed by atoms with van der Waals surface area (Å²) in [5.41, 5.74) is 4.29. The van der Waals surface area contributed by atoms with E-state index in [0.717, 1.165) is 18.2 Å². The summed E-state index contributed by atoms with van der Waals surface area (Å²) in [6.07, 6.45) is -4.65. The van der Waals surface area contributed by atoms with Crippen LogP contribution in [0.15, 0.2) is 48.5 Å². The second-order valence-electron chi connectivity index (χ2n) is 7.23. The molecule has 3 N–H and O–H groups in total. The molecule has 8 nitrogen and oxygen atoms in total.